The van der Waals surface area contributed by atoms with Gasteiger partial charge in [-0.3, -0.25) is 0 Å². The van der Waals surface area contributed by atoms with Crippen LogP contribution in [-0.4, -0.2) is 24.4 Å². The largest absolute Gasteiger partial charge is 0.469 e. The zero-order valence-electron chi connectivity index (χ0n) is 10.7. The maximum absolute atomic E-state index is 5.98. The standard InChI is InChI=1S/C11H10ClN5OS2/c1-6-7(3-4-18-6)10-14-15-11(17(10)2)19-5-8-9(12)20-16-13-8/h3-4H,5H2,1-2H3. The molecule has 0 atom stereocenters. The lowest BCUT2D eigenvalue weighted by molar-refractivity contribution is 0.534. The molecule has 0 saturated heterocycles. The number of thioether (sulfide) groups is 1. The van der Waals surface area contributed by atoms with Gasteiger partial charge in [-0.1, -0.05) is 27.9 Å². The number of aromatic nitrogens is 5. The molecule has 20 heavy (non-hydrogen) atoms. The Bertz CT molecular complexity index is 735. The number of hydrogen-bond donors (Lipinski definition) is 0. The van der Waals surface area contributed by atoms with Crippen molar-refractivity contribution >= 4 is 34.9 Å². The minimum Gasteiger partial charge on any atom is -0.469 e. The SMILES string of the molecule is Cc1occc1-c1nnc(SCc2nnsc2Cl)n1C. The van der Waals surface area contributed by atoms with Crippen molar-refractivity contribution in [3.05, 3.63) is 28.1 Å². The summed E-state index contributed by atoms with van der Waals surface area (Å²) < 4.78 is 11.6. The molecule has 6 nitrogen and oxygen atoms in total. The Morgan fingerprint density at radius 2 is 2.25 bits per heavy atom. The molecule has 0 aromatic carbocycles. The van der Waals surface area contributed by atoms with Gasteiger partial charge in [0.2, 0.25) is 0 Å². The van der Waals surface area contributed by atoms with Crippen molar-refractivity contribution in [3.8, 4) is 11.4 Å². The minimum absolute atomic E-state index is 0.616. The fourth-order valence-electron chi connectivity index (χ4n) is 1.71. The third kappa shape index (κ3) is 2.46. The van der Waals surface area contributed by atoms with Crippen molar-refractivity contribution in [1.29, 1.82) is 0 Å². The second-order valence-corrected chi connectivity index (χ2v) is 6.34. The molecule has 0 bridgehead atoms. The van der Waals surface area contributed by atoms with Gasteiger partial charge in [0.05, 0.1) is 11.8 Å². The van der Waals surface area contributed by atoms with Crippen LogP contribution in [0.1, 0.15) is 11.5 Å². The molecule has 0 fully saturated rings. The molecule has 0 N–H and O–H groups in total. The zero-order valence-corrected chi connectivity index (χ0v) is 13.1. The van der Waals surface area contributed by atoms with Gasteiger partial charge in [0, 0.05) is 24.3 Å². The Labute approximate surface area is 128 Å². The van der Waals surface area contributed by atoms with E-state index in [4.69, 9.17) is 16.0 Å². The number of furan rings is 1. The van der Waals surface area contributed by atoms with E-state index < -0.39 is 0 Å². The molecule has 0 aliphatic carbocycles. The van der Waals surface area contributed by atoms with Gasteiger partial charge in [0.15, 0.2) is 11.0 Å². The lowest BCUT2D eigenvalue weighted by atomic mass is 10.2. The number of nitrogens with zero attached hydrogens (tertiary/aromatic N) is 5. The van der Waals surface area contributed by atoms with Gasteiger partial charge in [-0.25, -0.2) is 0 Å². The Morgan fingerprint density at radius 1 is 1.40 bits per heavy atom. The molecule has 104 valence electrons. The molecule has 3 heterocycles. The van der Waals surface area contributed by atoms with Crippen LogP contribution in [-0.2, 0) is 12.8 Å². The van der Waals surface area contributed by atoms with Gasteiger partial charge in [-0.05, 0) is 13.0 Å². The van der Waals surface area contributed by atoms with Crippen LogP contribution in [0.3, 0.4) is 0 Å². The van der Waals surface area contributed by atoms with E-state index in [1.165, 1.54) is 23.3 Å². The first-order valence-corrected chi connectivity index (χ1v) is 7.84. The topological polar surface area (TPSA) is 69.6 Å². The lowest BCUT2D eigenvalue weighted by Crippen LogP contribution is -1.95. The van der Waals surface area contributed by atoms with E-state index in [-0.39, 0.29) is 0 Å². The molecule has 0 saturated carbocycles. The van der Waals surface area contributed by atoms with E-state index in [2.05, 4.69) is 19.8 Å². The first kappa shape index (κ1) is 13.6. The van der Waals surface area contributed by atoms with E-state index in [1.807, 2.05) is 24.6 Å². The van der Waals surface area contributed by atoms with Gasteiger partial charge in [0.25, 0.3) is 0 Å². The number of halogens is 1. The zero-order chi connectivity index (χ0) is 14.1. The molecule has 0 unspecified atom stereocenters. The molecular weight excluding hydrogens is 318 g/mol. The Kier molecular flexibility index (Phi) is 3.77. The predicted molar refractivity (Wildman–Crippen MR) is 77.9 cm³/mol. The first-order valence-electron chi connectivity index (χ1n) is 5.70. The van der Waals surface area contributed by atoms with Gasteiger partial charge in [-0.2, -0.15) is 0 Å². The smallest absolute Gasteiger partial charge is 0.191 e. The van der Waals surface area contributed by atoms with Crippen LogP contribution in [0.5, 0.6) is 0 Å². The lowest BCUT2D eigenvalue weighted by Gasteiger charge is -2.02. The molecule has 0 aliphatic heterocycles. The van der Waals surface area contributed by atoms with Crippen molar-refractivity contribution < 1.29 is 4.42 Å². The number of hydrogen-bond acceptors (Lipinski definition) is 7. The molecule has 0 amide bonds. The second kappa shape index (κ2) is 5.55. The van der Waals surface area contributed by atoms with Crippen LogP contribution < -0.4 is 0 Å². The third-order valence-corrected chi connectivity index (χ3v) is 4.80. The van der Waals surface area contributed by atoms with E-state index in [0.29, 0.717) is 10.1 Å². The van der Waals surface area contributed by atoms with Gasteiger partial charge in [0.1, 0.15) is 15.8 Å². The van der Waals surface area contributed by atoms with E-state index in [9.17, 15) is 0 Å². The van der Waals surface area contributed by atoms with E-state index >= 15 is 0 Å². The minimum atomic E-state index is 0.616. The van der Waals surface area contributed by atoms with Gasteiger partial charge >= 0.3 is 0 Å². The fraction of sp³-hybridized carbons (Fsp3) is 0.273. The average molecular weight is 328 g/mol. The molecule has 3 aromatic heterocycles. The normalized spacial score (nSPS) is 11.2. The first-order chi connectivity index (χ1) is 9.66. The van der Waals surface area contributed by atoms with Crippen molar-refractivity contribution in [1.82, 2.24) is 24.4 Å². The summed E-state index contributed by atoms with van der Waals surface area (Å²) in [4.78, 5) is 0. The molecule has 3 aromatic rings. The van der Waals surface area contributed by atoms with Crippen molar-refractivity contribution in [2.24, 2.45) is 7.05 Å². The highest BCUT2D eigenvalue weighted by atomic mass is 35.5. The van der Waals surface area contributed by atoms with Crippen LogP contribution in [0, 0.1) is 6.92 Å². The Morgan fingerprint density at radius 3 is 2.90 bits per heavy atom. The summed E-state index contributed by atoms with van der Waals surface area (Å²) in [5, 5.41) is 13.2. The highest BCUT2D eigenvalue weighted by molar-refractivity contribution is 7.98. The Balaban J connectivity index is 1.81. The quantitative estimate of drug-likeness (QED) is 0.685. The summed E-state index contributed by atoms with van der Waals surface area (Å²) in [7, 11) is 1.92. The van der Waals surface area contributed by atoms with Crippen LogP contribution in [0.2, 0.25) is 4.34 Å². The van der Waals surface area contributed by atoms with Crippen LogP contribution >= 0.6 is 34.9 Å². The number of rotatable bonds is 4. The van der Waals surface area contributed by atoms with Gasteiger partial charge < -0.3 is 8.98 Å². The fourth-order valence-corrected chi connectivity index (χ4v) is 3.35. The molecule has 9 heteroatoms. The summed E-state index contributed by atoms with van der Waals surface area (Å²) >= 11 is 8.68. The van der Waals surface area contributed by atoms with Gasteiger partial charge in [-0.15, -0.1) is 15.3 Å². The molecule has 0 spiro atoms. The average Bonchev–Trinajstić information content (AvgIpc) is 3.10. The van der Waals surface area contributed by atoms with Crippen molar-refractivity contribution in [2.75, 3.05) is 0 Å². The summed E-state index contributed by atoms with van der Waals surface area (Å²) in [5.74, 6) is 2.22. The molecule has 3 rings (SSSR count). The van der Waals surface area contributed by atoms with E-state index in [0.717, 1.165) is 28.0 Å². The summed E-state index contributed by atoms with van der Waals surface area (Å²) in [6, 6.07) is 1.88. The number of aryl methyl sites for hydroxylation is 1. The Hall–Kier alpha value is -1.38. The highest BCUT2D eigenvalue weighted by Gasteiger charge is 2.15. The molecule has 0 radical (unpaired) electrons. The van der Waals surface area contributed by atoms with E-state index in [1.54, 1.807) is 6.26 Å². The molecule has 0 aliphatic rings. The second-order valence-electron chi connectivity index (χ2n) is 4.04. The third-order valence-electron chi connectivity index (χ3n) is 2.78. The van der Waals surface area contributed by atoms with Crippen LogP contribution in [0.4, 0.5) is 0 Å². The van der Waals surface area contributed by atoms with Crippen LogP contribution in [0.25, 0.3) is 11.4 Å². The monoisotopic (exact) mass is 327 g/mol. The summed E-state index contributed by atoms with van der Waals surface area (Å²) in [5.41, 5.74) is 1.71. The maximum Gasteiger partial charge on any atom is 0.191 e. The van der Waals surface area contributed by atoms with Crippen LogP contribution in [0.15, 0.2) is 21.9 Å². The predicted octanol–water partition coefficient (Wildman–Crippen LogP) is 3.18. The summed E-state index contributed by atoms with van der Waals surface area (Å²) in [6.07, 6.45) is 1.65. The van der Waals surface area contributed by atoms with Crippen molar-refractivity contribution in [2.45, 2.75) is 17.8 Å². The molecular formula is C11H10ClN5OS2. The summed E-state index contributed by atoms with van der Waals surface area (Å²) in [6.45, 7) is 1.90. The van der Waals surface area contributed by atoms with Crippen molar-refractivity contribution in [3.63, 3.8) is 0 Å². The maximum atomic E-state index is 5.98. The highest BCUT2D eigenvalue weighted by Crippen LogP contribution is 2.29.